The molecule has 8 aromatic carbocycles. The highest BCUT2D eigenvalue weighted by atomic mass is 32.1. The monoisotopic (exact) mass is 757 g/mol. The molecule has 11 aromatic rings. The van der Waals surface area contributed by atoms with Crippen LogP contribution >= 0.6 is 11.3 Å². The molecule has 270 valence electrons. The highest BCUT2D eigenvalue weighted by Gasteiger charge is 2.51. The van der Waals surface area contributed by atoms with Gasteiger partial charge >= 0.3 is 0 Å². The van der Waals surface area contributed by atoms with Gasteiger partial charge in [0.2, 0.25) is 5.95 Å². The number of aromatic nitrogens is 3. The summed E-state index contributed by atoms with van der Waals surface area (Å²) in [6.45, 7) is 0. The second-order valence-corrected chi connectivity index (χ2v) is 16.3. The number of ether oxygens (including phenoxy) is 1. The van der Waals surface area contributed by atoms with E-state index in [4.69, 9.17) is 14.7 Å². The largest absolute Gasteiger partial charge is 0.457 e. The number of fused-ring (bicyclic) bond motifs is 15. The Labute approximate surface area is 337 Å². The summed E-state index contributed by atoms with van der Waals surface area (Å²) in [5.74, 6) is 2.38. The van der Waals surface area contributed by atoms with Gasteiger partial charge in [-0.15, -0.1) is 11.3 Å². The molecule has 0 N–H and O–H groups in total. The van der Waals surface area contributed by atoms with Crippen LogP contribution in [0, 0.1) is 0 Å². The van der Waals surface area contributed by atoms with Crippen LogP contribution in [0.25, 0.3) is 81.6 Å². The molecule has 0 saturated heterocycles. The van der Waals surface area contributed by atoms with Crippen LogP contribution in [0.15, 0.2) is 188 Å². The van der Waals surface area contributed by atoms with Crippen molar-refractivity contribution in [3.05, 3.63) is 210 Å². The molecule has 1 aliphatic carbocycles. The van der Waals surface area contributed by atoms with Crippen molar-refractivity contribution in [3.8, 4) is 51.0 Å². The zero-order chi connectivity index (χ0) is 38.0. The van der Waals surface area contributed by atoms with E-state index < -0.39 is 5.41 Å². The quantitative estimate of drug-likeness (QED) is 0.180. The van der Waals surface area contributed by atoms with E-state index in [2.05, 4.69) is 193 Å². The van der Waals surface area contributed by atoms with Crippen molar-refractivity contribution in [3.63, 3.8) is 0 Å². The maximum absolute atomic E-state index is 6.94. The first kappa shape index (κ1) is 31.8. The van der Waals surface area contributed by atoms with Crippen LogP contribution < -0.4 is 4.74 Å². The predicted molar refractivity (Wildman–Crippen MR) is 238 cm³/mol. The van der Waals surface area contributed by atoms with E-state index in [0.29, 0.717) is 5.95 Å². The van der Waals surface area contributed by atoms with Crippen LogP contribution in [0.5, 0.6) is 11.5 Å². The molecule has 4 nitrogen and oxygen atoms in total. The highest BCUT2D eigenvalue weighted by Crippen LogP contribution is 2.62. The Hall–Kier alpha value is -7.34. The smallest absolute Gasteiger partial charge is 0.235 e. The van der Waals surface area contributed by atoms with Crippen LogP contribution in [0.1, 0.15) is 22.3 Å². The maximum Gasteiger partial charge on any atom is 0.235 e. The van der Waals surface area contributed by atoms with Gasteiger partial charge in [-0.1, -0.05) is 158 Å². The van der Waals surface area contributed by atoms with E-state index in [1.165, 1.54) is 38.1 Å². The molecule has 0 unspecified atom stereocenters. The summed E-state index contributed by atoms with van der Waals surface area (Å²) in [7, 11) is 0. The van der Waals surface area contributed by atoms with E-state index in [1.54, 1.807) is 11.3 Å². The summed E-state index contributed by atoms with van der Waals surface area (Å²) in [6.07, 6.45) is 0. The number of hydrogen-bond acceptors (Lipinski definition) is 4. The number of thiophene rings is 1. The van der Waals surface area contributed by atoms with Crippen molar-refractivity contribution in [2.45, 2.75) is 5.41 Å². The molecular weight excluding hydrogens is 727 g/mol. The normalized spacial score (nSPS) is 13.4. The summed E-state index contributed by atoms with van der Waals surface area (Å²) >= 11 is 1.76. The molecule has 58 heavy (non-hydrogen) atoms. The van der Waals surface area contributed by atoms with E-state index in [-0.39, 0.29) is 0 Å². The SMILES string of the molecule is c1ccc(-c2ccc(-c3nc(-n4c5ccccc5c5cc6c(cc54)C4(c5ccccc5O6)c5ccccc5-c5ccccc54)nc4c3sc3ccccc34)cc2)cc1. The van der Waals surface area contributed by atoms with Crippen molar-refractivity contribution in [2.75, 3.05) is 0 Å². The number of nitrogens with zero attached hydrogens (tertiary/aromatic N) is 3. The van der Waals surface area contributed by atoms with Crippen LogP contribution in [0.4, 0.5) is 0 Å². The lowest BCUT2D eigenvalue weighted by atomic mass is 9.66. The third-order valence-corrected chi connectivity index (χ3v) is 13.5. The van der Waals surface area contributed by atoms with Crippen LogP contribution in [-0.4, -0.2) is 14.5 Å². The van der Waals surface area contributed by atoms with Crippen molar-refractivity contribution in [1.82, 2.24) is 14.5 Å². The summed E-state index contributed by atoms with van der Waals surface area (Å²) in [5, 5.41) is 3.35. The van der Waals surface area contributed by atoms with Gasteiger partial charge in [0.1, 0.15) is 11.5 Å². The van der Waals surface area contributed by atoms with Gasteiger partial charge in [-0.25, -0.2) is 9.97 Å². The Balaban J connectivity index is 1.12. The van der Waals surface area contributed by atoms with Crippen molar-refractivity contribution in [2.24, 2.45) is 0 Å². The van der Waals surface area contributed by atoms with Gasteiger partial charge < -0.3 is 4.74 Å². The van der Waals surface area contributed by atoms with Crippen LogP contribution in [-0.2, 0) is 5.41 Å². The maximum atomic E-state index is 6.94. The molecule has 0 saturated carbocycles. The van der Waals surface area contributed by atoms with Gasteiger partial charge in [0, 0.05) is 37.5 Å². The molecule has 0 atom stereocenters. The number of benzene rings is 8. The average Bonchev–Trinajstić information content (AvgIpc) is 3.92. The standard InChI is InChI=1S/C53H31N3OS/c1-2-14-32(15-3-1)33-26-28-34(29-27-33)49-51-50(38-19-7-13-25-48(38)58-51)55-52(54-49)56-44-23-11-6-18-37(44)39-30-47-43(31-45(39)56)53(42-22-10-12-24-46(42)57-47)40-20-8-4-16-35(40)36-17-5-9-21-41(36)53/h1-31H. The molecule has 4 heterocycles. The van der Waals surface area contributed by atoms with E-state index in [0.717, 1.165) is 71.3 Å². The van der Waals surface area contributed by atoms with E-state index >= 15 is 0 Å². The topological polar surface area (TPSA) is 39.9 Å². The Morgan fingerprint density at radius 2 is 1.07 bits per heavy atom. The first-order valence-corrected chi connectivity index (χ1v) is 20.5. The predicted octanol–water partition coefficient (Wildman–Crippen LogP) is 13.7. The molecule has 2 aliphatic rings. The molecule has 5 heteroatoms. The Bertz CT molecular complexity index is 3440. The van der Waals surface area contributed by atoms with Gasteiger partial charge in [0.05, 0.1) is 32.4 Å². The van der Waals surface area contributed by atoms with Gasteiger partial charge in [0.25, 0.3) is 0 Å². The zero-order valence-electron chi connectivity index (χ0n) is 31.1. The fourth-order valence-corrected chi connectivity index (χ4v) is 11.0. The van der Waals surface area contributed by atoms with Gasteiger partial charge in [-0.05, 0) is 63.7 Å². The summed E-state index contributed by atoms with van der Waals surface area (Å²) in [5.41, 5.74) is 14.1. The van der Waals surface area contributed by atoms with Crippen LogP contribution in [0.3, 0.4) is 0 Å². The molecule has 1 spiro atoms. The molecule has 0 bridgehead atoms. The Morgan fingerprint density at radius 3 is 1.86 bits per heavy atom. The summed E-state index contributed by atoms with van der Waals surface area (Å²) in [4.78, 5) is 11.0. The van der Waals surface area contributed by atoms with Gasteiger partial charge in [-0.3, -0.25) is 4.57 Å². The second-order valence-electron chi connectivity index (χ2n) is 15.2. The molecule has 0 amide bonds. The van der Waals surface area contributed by atoms with Crippen molar-refractivity contribution in [1.29, 1.82) is 0 Å². The molecule has 1 aliphatic heterocycles. The first-order valence-electron chi connectivity index (χ1n) is 19.7. The van der Waals surface area contributed by atoms with Crippen LogP contribution in [0.2, 0.25) is 0 Å². The lowest BCUT2D eigenvalue weighted by Crippen LogP contribution is -2.32. The van der Waals surface area contributed by atoms with E-state index in [9.17, 15) is 0 Å². The Morgan fingerprint density at radius 1 is 0.448 bits per heavy atom. The van der Waals surface area contributed by atoms with Crippen molar-refractivity contribution < 1.29 is 4.74 Å². The molecule has 0 radical (unpaired) electrons. The molecule has 3 aromatic heterocycles. The van der Waals surface area contributed by atoms with Gasteiger partial charge in [0.15, 0.2) is 0 Å². The average molecular weight is 758 g/mol. The highest BCUT2D eigenvalue weighted by molar-refractivity contribution is 7.26. The third kappa shape index (κ3) is 4.23. The first-order chi connectivity index (χ1) is 28.8. The number of rotatable bonds is 3. The number of para-hydroxylation sites is 2. The summed E-state index contributed by atoms with van der Waals surface area (Å²) < 4.78 is 11.5. The lowest BCUT2D eigenvalue weighted by molar-refractivity contribution is 0.437. The van der Waals surface area contributed by atoms with Crippen molar-refractivity contribution >= 4 is 53.4 Å². The van der Waals surface area contributed by atoms with E-state index in [1.807, 2.05) is 0 Å². The fraction of sp³-hybridized carbons (Fsp3) is 0.0189. The lowest BCUT2D eigenvalue weighted by Gasteiger charge is -2.39. The summed E-state index contributed by atoms with van der Waals surface area (Å²) in [6, 6.07) is 67.5. The zero-order valence-corrected chi connectivity index (χ0v) is 31.9. The minimum absolute atomic E-state index is 0.590. The molecule has 13 rings (SSSR count). The second kappa shape index (κ2) is 11.8. The van der Waals surface area contributed by atoms with Gasteiger partial charge in [-0.2, -0.15) is 0 Å². The molecular formula is C53H31N3OS. The Kier molecular flexibility index (Phi) is 6.49. The molecule has 0 fully saturated rings. The number of hydrogen-bond donors (Lipinski definition) is 0. The minimum Gasteiger partial charge on any atom is -0.457 e. The minimum atomic E-state index is -0.590. The fourth-order valence-electron chi connectivity index (χ4n) is 9.86. The third-order valence-electron chi connectivity index (χ3n) is 12.3.